The van der Waals surface area contributed by atoms with Crippen LogP contribution in [0.2, 0.25) is 5.02 Å². The van der Waals surface area contributed by atoms with Crippen molar-refractivity contribution >= 4 is 11.6 Å². The van der Waals surface area contributed by atoms with Crippen LogP contribution in [-0.2, 0) is 6.42 Å². The van der Waals surface area contributed by atoms with Crippen LogP contribution in [0.3, 0.4) is 0 Å². The number of hydrogen-bond donors (Lipinski definition) is 1. The first-order valence-corrected chi connectivity index (χ1v) is 8.07. The number of nitrogens with one attached hydrogen (secondary N) is 1. The fourth-order valence-electron chi connectivity index (χ4n) is 3.26. The van der Waals surface area contributed by atoms with Gasteiger partial charge in [0.25, 0.3) is 0 Å². The monoisotopic (exact) mass is 279 g/mol. The number of hydrogen-bond acceptors (Lipinski definition) is 1. The van der Waals surface area contributed by atoms with Gasteiger partial charge in [-0.2, -0.15) is 0 Å². The average Bonchev–Trinajstić information content (AvgIpc) is 2.42. The van der Waals surface area contributed by atoms with Crippen molar-refractivity contribution in [1.29, 1.82) is 0 Å². The first-order valence-electron chi connectivity index (χ1n) is 7.69. The van der Waals surface area contributed by atoms with Crippen molar-refractivity contribution in [2.24, 2.45) is 5.92 Å². The van der Waals surface area contributed by atoms with Crippen molar-refractivity contribution < 1.29 is 0 Å². The average molecular weight is 280 g/mol. The van der Waals surface area contributed by atoms with Crippen molar-refractivity contribution in [2.75, 3.05) is 6.54 Å². The molecule has 1 N–H and O–H groups in total. The lowest BCUT2D eigenvalue weighted by atomic mass is 9.81. The highest BCUT2D eigenvalue weighted by molar-refractivity contribution is 6.31. The van der Waals surface area contributed by atoms with E-state index >= 15 is 0 Å². The lowest BCUT2D eigenvalue weighted by Crippen LogP contribution is -2.39. The Morgan fingerprint density at radius 2 is 2.00 bits per heavy atom. The Bertz CT molecular complexity index is 396. The molecule has 0 saturated heterocycles. The van der Waals surface area contributed by atoms with Crippen LogP contribution in [0, 0.1) is 12.8 Å². The van der Waals surface area contributed by atoms with Crippen LogP contribution >= 0.6 is 11.6 Å². The van der Waals surface area contributed by atoms with Crippen LogP contribution in [0.4, 0.5) is 0 Å². The van der Waals surface area contributed by atoms with E-state index in [4.69, 9.17) is 11.6 Å². The largest absolute Gasteiger partial charge is 0.314 e. The Balaban J connectivity index is 2.06. The van der Waals surface area contributed by atoms with Crippen LogP contribution in [-0.4, -0.2) is 12.6 Å². The van der Waals surface area contributed by atoms with Gasteiger partial charge < -0.3 is 5.32 Å². The normalized spacial score (nSPS) is 18.5. The van der Waals surface area contributed by atoms with Gasteiger partial charge in [0.2, 0.25) is 0 Å². The fourth-order valence-corrected chi connectivity index (χ4v) is 3.57. The number of rotatable bonds is 5. The third-order valence-corrected chi connectivity index (χ3v) is 4.69. The zero-order chi connectivity index (χ0) is 13.7. The van der Waals surface area contributed by atoms with Gasteiger partial charge >= 0.3 is 0 Å². The molecule has 0 radical (unpaired) electrons. The summed E-state index contributed by atoms with van der Waals surface area (Å²) in [6.45, 7) is 5.34. The van der Waals surface area contributed by atoms with Crippen LogP contribution in [0.15, 0.2) is 18.2 Å². The van der Waals surface area contributed by atoms with Crippen molar-refractivity contribution in [3.05, 3.63) is 34.3 Å². The minimum atomic E-state index is 0.588. The molecule has 1 saturated carbocycles. The molecule has 0 aliphatic heterocycles. The summed E-state index contributed by atoms with van der Waals surface area (Å²) < 4.78 is 0. The molecule has 1 aliphatic carbocycles. The van der Waals surface area contributed by atoms with Gasteiger partial charge in [0.1, 0.15) is 0 Å². The van der Waals surface area contributed by atoms with Crippen molar-refractivity contribution in [2.45, 2.75) is 58.4 Å². The Hall–Kier alpha value is -0.530. The predicted octanol–water partition coefficient (Wildman–Crippen LogP) is 4.75. The number of halogens is 1. The lowest BCUT2D eigenvalue weighted by molar-refractivity contribution is 0.269. The van der Waals surface area contributed by atoms with Gasteiger partial charge in [0.05, 0.1) is 0 Å². The third kappa shape index (κ3) is 4.22. The van der Waals surface area contributed by atoms with Crippen LogP contribution in [0.5, 0.6) is 0 Å². The SMILES string of the molecule is CCNC(Cc1ccc(C)cc1Cl)C1CCCCC1. The predicted molar refractivity (Wildman–Crippen MR) is 83.9 cm³/mol. The molecule has 1 fully saturated rings. The van der Waals surface area contributed by atoms with Gasteiger partial charge in [-0.3, -0.25) is 0 Å². The van der Waals surface area contributed by atoms with Gasteiger partial charge in [-0.25, -0.2) is 0 Å². The summed E-state index contributed by atoms with van der Waals surface area (Å²) in [5.74, 6) is 0.825. The van der Waals surface area contributed by atoms with E-state index in [0.717, 1.165) is 23.9 Å². The molecule has 0 spiro atoms. The van der Waals surface area contributed by atoms with Gasteiger partial charge in [-0.1, -0.05) is 49.9 Å². The zero-order valence-corrected chi connectivity index (χ0v) is 13.0. The maximum atomic E-state index is 6.38. The first kappa shape index (κ1) is 14.9. The van der Waals surface area contributed by atoms with Crippen LogP contribution in [0.25, 0.3) is 0 Å². The van der Waals surface area contributed by atoms with Gasteiger partial charge in [-0.05, 0) is 55.8 Å². The molecule has 19 heavy (non-hydrogen) atoms. The second-order valence-corrected chi connectivity index (χ2v) is 6.27. The molecule has 0 aromatic heterocycles. The smallest absolute Gasteiger partial charge is 0.0441 e. The highest BCUT2D eigenvalue weighted by atomic mass is 35.5. The summed E-state index contributed by atoms with van der Waals surface area (Å²) in [6.07, 6.45) is 8.03. The number of likely N-dealkylation sites (N-methyl/N-ethyl adjacent to an activating group) is 1. The molecular weight excluding hydrogens is 254 g/mol. The van der Waals surface area contributed by atoms with Crippen LogP contribution in [0.1, 0.15) is 50.2 Å². The van der Waals surface area contributed by atoms with E-state index in [1.807, 2.05) is 0 Å². The quantitative estimate of drug-likeness (QED) is 0.820. The van der Waals surface area contributed by atoms with Crippen molar-refractivity contribution in [3.8, 4) is 0 Å². The molecule has 1 unspecified atom stereocenters. The molecule has 2 heteroatoms. The summed E-state index contributed by atoms with van der Waals surface area (Å²) >= 11 is 6.38. The zero-order valence-electron chi connectivity index (χ0n) is 12.2. The molecule has 2 rings (SSSR count). The molecule has 1 nitrogen and oxygen atoms in total. The summed E-state index contributed by atoms with van der Waals surface area (Å²) in [4.78, 5) is 0. The number of benzene rings is 1. The minimum absolute atomic E-state index is 0.588. The Morgan fingerprint density at radius 3 is 2.63 bits per heavy atom. The maximum absolute atomic E-state index is 6.38. The molecular formula is C17H26ClN. The van der Waals surface area contributed by atoms with Crippen LogP contribution < -0.4 is 5.32 Å². The summed E-state index contributed by atoms with van der Waals surface area (Å²) in [7, 11) is 0. The molecule has 0 bridgehead atoms. The fraction of sp³-hybridized carbons (Fsp3) is 0.647. The number of aryl methyl sites for hydroxylation is 1. The maximum Gasteiger partial charge on any atom is 0.0441 e. The summed E-state index contributed by atoms with van der Waals surface area (Å²) in [5.41, 5.74) is 2.54. The molecule has 1 aliphatic rings. The van der Waals surface area contributed by atoms with Gasteiger partial charge in [0, 0.05) is 11.1 Å². The van der Waals surface area contributed by atoms with Crippen molar-refractivity contribution in [1.82, 2.24) is 5.32 Å². The highest BCUT2D eigenvalue weighted by Crippen LogP contribution is 2.29. The highest BCUT2D eigenvalue weighted by Gasteiger charge is 2.23. The molecule has 106 valence electrons. The van der Waals surface area contributed by atoms with E-state index in [0.29, 0.717) is 6.04 Å². The molecule has 0 amide bonds. The Labute approximate surface area is 122 Å². The summed E-state index contributed by atoms with van der Waals surface area (Å²) in [6, 6.07) is 7.04. The second kappa shape index (κ2) is 7.31. The molecule has 1 aromatic carbocycles. The minimum Gasteiger partial charge on any atom is -0.314 e. The Morgan fingerprint density at radius 1 is 1.26 bits per heavy atom. The summed E-state index contributed by atoms with van der Waals surface area (Å²) in [5, 5.41) is 4.61. The first-order chi connectivity index (χ1) is 9.20. The van der Waals surface area contributed by atoms with E-state index in [1.165, 1.54) is 43.2 Å². The third-order valence-electron chi connectivity index (χ3n) is 4.33. The van der Waals surface area contributed by atoms with Gasteiger partial charge in [-0.15, -0.1) is 0 Å². The second-order valence-electron chi connectivity index (χ2n) is 5.86. The Kier molecular flexibility index (Phi) is 5.72. The van der Waals surface area contributed by atoms with E-state index < -0.39 is 0 Å². The molecule has 0 heterocycles. The topological polar surface area (TPSA) is 12.0 Å². The standard InChI is InChI=1S/C17H26ClN/c1-3-19-17(14-7-5-4-6-8-14)12-15-10-9-13(2)11-16(15)18/h9-11,14,17,19H,3-8,12H2,1-2H3. The lowest BCUT2D eigenvalue weighted by Gasteiger charge is -2.31. The molecule has 1 aromatic rings. The van der Waals surface area contributed by atoms with Crippen molar-refractivity contribution in [3.63, 3.8) is 0 Å². The van der Waals surface area contributed by atoms with E-state index in [1.54, 1.807) is 0 Å². The molecule has 1 atom stereocenters. The van der Waals surface area contributed by atoms with E-state index in [9.17, 15) is 0 Å². The van der Waals surface area contributed by atoms with E-state index in [2.05, 4.69) is 37.4 Å². The van der Waals surface area contributed by atoms with E-state index in [-0.39, 0.29) is 0 Å². The van der Waals surface area contributed by atoms with Gasteiger partial charge in [0.15, 0.2) is 0 Å².